The van der Waals surface area contributed by atoms with Gasteiger partial charge in [-0.15, -0.1) is 0 Å². The van der Waals surface area contributed by atoms with Gasteiger partial charge in [0.25, 0.3) is 0 Å². The average molecular weight is 226 g/mol. The summed E-state index contributed by atoms with van der Waals surface area (Å²) in [6.07, 6.45) is 3.09. The Morgan fingerprint density at radius 1 is 1.19 bits per heavy atom. The molecule has 0 aromatic carbocycles. The Hall–Kier alpha value is -0.610. The number of carboxylic acids is 1. The highest BCUT2D eigenvalue weighted by atomic mass is 16.4. The fourth-order valence-electron chi connectivity index (χ4n) is 2.84. The number of carbonyl (C=O) groups is 1. The van der Waals surface area contributed by atoms with Gasteiger partial charge in [-0.2, -0.15) is 0 Å². The van der Waals surface area contributed by atoms with Crippen molar-refractivity contribution < 1.29 is 9.90 Å². The van der Waals surface area contributed by atoms with Crippen LogP contribution in [0.3, 0.4) is 0 Å². The predicted octanol–water partition coefficient (Wildman–Crippen LogP) is 1.02. The molecule has 1 N–H and O–H groups in total. The van der Waals surface area contributed by atoms with Gasteiger partial charge in [-0.05, 0) is 46.2 Å². The molecule has 0 aromatic rings. The van der Waals surface area contributed by atoms with Gasteiger partial charge in [-0.25, -0.2) is 0 Å². The summed E-state index contributed by atoms with van der Waals surface area (Å²) in [5.74, 6) is -0.641. The average Bonchev–Trinajstić information content (AvgIpc) is 2.15. The zero-order chi connectivity index (χ0) is 11.7. The minimum Gasteiger partial charge on any atom is -0.480 e. The zero-order valence-corrected chi connectivity index (χ0v) is 10.2. The Kier molecular flexibility index (Phi) is 3.50. The van der Waals surface area contributed by atoms with Crippen LogP contribution in [-0.4, -0.2) is 58.6 Å². The van der Waals surface area contributed by atoms with Crippen LogP contribution in [0.1, 0.15) is 33.1 Å². The molecule has 0 spiro atoms. The lowest BCUT2D eigenvalue weighted by Gasteiger charge is -2.47. The van der Waals surface area contributed by atoms with E-state index >= 15 is 0 Å². The van der Waals surface area contributed by atoms with E-state index in [0.717, 1.165) is 38.9 Å². The molecule has 16 heavy (non-hydrogen) atoms. The molecule has 0 aliphatic carbocycles. The highest BCUT2D eigenvalue weighted by Gasteiger charge is 2.39. The maximum atomic E-state index is 11.0. The number of hydrogen-bond donors (Lipinski definition) is 1. The normalized spacial score (nSPS) is 29.3. The third-order valence-corrected chi connectivity index (χ3v) is 4.04. The van der Waals surface area contributed by atoms with Crippen LogP contribution in [0, 0.1) is 0 Å². The quantitative estimate of drug-likeness (QED) is 0.780. The van der Waals surface area contributed by atoms with Crippen LogP contribution < -0.4 is 0 Å². The second-order valence-electron chi connectivity index (χ2n) is 5.24. The van der Waals surface area contributed by atoms with Crippen LogP contribution in [0.25, 0.3) is 0 Å². The number of rotatable bonds is 3. The summed E-state index contributed by atoms with van der Waals surface area (Å²) >= 11 is 0. The third-order valence-electron chi connectivity index (χ3n) is 4.04. The van der Waals surface area contributed by atoms with Gasteiger partial charge in [-0.1, -0.05) is 0 Å². The second kappa shape index (κ2) is 4.72. The molecule has 1 unspecified atom stereocenters. The molecule has 2 aliphatic rings. The Balaban J connectivity index is 1.83. The van der Waals surface area contributed by atoms with Crippen LogP contribution in [-0.2, 0) is 4.79 Å². The van der Waals surface area contributed by atoms with Crippen molar-refractivity contribution in [2.75, 3.05) is 19.6 Å². The van der Waals surface area contributed by atoms with Gasteiger partial charge in [-0.3, -0.25) is 9.69 Å². The molecule has 4 nitrogen and oxygen atoms in total. The first-order chi connectivity index (χ1) is 7.59. The third kappa shape index (κ3) is 2.23. The van der Waals surface area contributed by atoms with Crippen LogP contribution >= 0.6 is 0 Å². The summed E-state index contributed by atoms with van der Waals surface area (Å²) in [7, 11) is 0. The molecule has 92 valence electrons. The van der Waals surface area contributed by atoms with Crippen molar-refractivity contribution in [3.63, 3.8) is 0 Å². The smallest absolute Gasteiger partial charge is 0.320 e. The Morgan fingerprint density at radius 2 is 1.81 bits per heavy atom. The molecule has 2 rings (SSSR count). The van der Waals surface area contributed by atoms with Crippen molar-refractivity contribution in [3.8, 4) is 0 Å². The maximum Gasteiger partial charge on any atom is 0.320 e. The van der Waals surface area contributed by atoms with Crippen LogP contribution in [0.5, 0.6) is 0 Å². The van der Waals surface area contributed by atoms with Crippen molar-refractivity contribution in [3.05, 3.63) is 0 Å². The minimum absolute atomic E-state index is 0.199. The van der Waals surface area contributed by atoms with E-state index in [1.165, 1.54) is 0 Å². The molecule has 0 amide bonds. The molecule has 2 heterocycles. The zero-order valence-electron chi connectivity index (χ0n) is 10.2. The van der Waals surface area contributed by atoms with E-state index in [2.05, 4.69) is 23.6 Å². The predicted molar refractivity (Wildman–Crippen MR) is 62.5 cm³/mol. The molecule has 0 saturated carbocycles. The lowest BCUT2D eigenvalue weighted by Crippen LogP contribution is -2.59. The topological polar surface area (TPSA) is 43.8 Å². The molecule has 2 aliphatic heterocycles. The Morgan fingerprint density at radius 3 is 2.19 bits per heavy atom. The molecule has 0 bridgehead atoms. The summed E-state index contributed by atoms with van der Waals surface area (Å²) in [6.45, 7) is 7.66. The summed E-state index contributed by atoms with van der Waals surface area (Å²) in [5, 5.41) is 9.02. The first-order valence-corrected chi connectivity index (χ1v) is 6.32. The van der Waals surface area contributed by atoms with Crippen molar-refractivity contribution in [2.45, 2.75) is 51.2 Å². The molecule has 0 aromatic heterocycles. The first kappa shape index (κ1) is 11.9. The molecule has 0 radical (unpaired) electrons. The molecule has 4 heteroatoms. The van der Waals surface area contributed by atoms with Gasteiger partial charge in [0.05, 0.1) is 0 Å². The summed E-state index contributed by atoms with van der Waals surface area (Å²) in [4.78, 5) is 15.6. The number of aliphatic carboxylic acids is 1. The maximum absolute atomic E-state index is 11.0. The Labute approximate surface area is 97.2 Å². The molecular formula is C12H22N2O2. The van der Waals surface area contributed by atoms with E-state index in [0.29, 0.717) is 12.1 Å². The van der Waals surface area contributed by atoms with Crippen molar-refractivity contribution in [1.29, 1.82) is 0 Å². The highest BCUT2D eigenvalue weighted by Crippen LogP contribution is 2.27. The second-order valence-corrected chi connectivity index (χ2v) is 5.24. The number of hydrogen-bond acceptors (Lipinski definition) is 3. The molecule has 1 atom stereocenters. The van der Waals surface area contributed by atoms with E-state index in [9.17, 15) is 4.79 Å². The molecule has 2 fully saturated rings. The number of nitrogens with zero attached hydrogens (tertiary/aromatic N) is 2. The lowest BCUT2D eigenvalue weighted by atomic mass is 9.93. The summed E-state index contributed by atoms with van der Waals surface area (Å²) < 4.78 is 0. The minimum atomic E-state index is -0.641. The van der Waals surface area contributed by atoms with Gasteiger partial charge in [0, 0.05) is 18.6 Å². The number of piperidine rings is 1. The molecule has 2 saturated heterocycles. The number of carboxylic acid groups (broad SMARTS) is 1. The van der Waals surface area contributed by atoms with Gasteiger partial charge in [0.2, 0.25) is 0 Å². The van der Waals surface area contributed by atoms with E-state index < -0.39 is 5.97 Å². The van der Waals surface area contributed by atoms with Crippen LogP contribution in [0.2, 0.25) is 0 Å². The van der Waals surface area contributed by atoms with Crippen molar-refractivity contribution >= 4 is 5.97 Å². The summed E-state index contributed by atoms with van der Waals surface area (Å²) in [5.41, 5.74) is 0. The Bertz CT molecular complexity index is 260. The van der Waals surface area contributed by atoms with Crippen LogP contribution in [0.4, 0.5) is 0 Å². The first-order valence-electron chi connectivity index (χ1n) is 6.32. The fraction of sp³-hybridized carbons (Fsp3) is 0.917. The van der Waals surface area contributed by atoms with Gasteiger partial charge >= 0.3 is 5.97 Å². The van der Waals surface area contributed by atoms with Crippen molar-refractivity contribution in [2.24, 2.45) is 0 Å². The van der Waals surface area contributed by atoms with Gasteiger partial charge in [0.15, 0.2) is 0 Å². The van der Waals surface area contributed by atoms with Gasteiger partial charge < -0.3 is 10.0 Å². The van der Waals surface area contributed by atoms with E-state index in [-0.39, 0.29) is 6.04 Å². The SMILES string of the molecule is CC(C)N1CCC(N2CCC2C(=O)O)CC1. The van der Waals surface area contributed by atoms with E-state index in [4.69, 9.17) is 5.11 Å². The standard InChI is InChI=1S/C12H22N2O2/c1-9(2)13-6-3-10(4-7-13)14-8-5-11(14)12(15)16/h9-11H,3-8H2,1-2H3,(H,15,16). The van der Waals surface area contributed by atoms with E-state index in [1.807, 2.05) is 0 Å². The number of likely N-dealkylation sites (tertiary alicyclic amines) is 2. The van der Waals surface area contributed by atoms with Gasteiger partial charge in [0.1, 0.15) is 6.04 Å². The lowest BCUT2D eigenvalue weighted by molar-refractivity contribution is -0.151. The molecular weight excluding hydrogens is 204 g/mol. The highest BCUT2D eigenvalue weighted by molar-refractivity contribution is 5.74. The van der Waals surface area contributed by atoms with Crippen molar-refractivity contribution in [1.82, 2.24) is 9.80 Å². The summed E-state index contributed by atoms with van der Waals surface area (Å²) in [6, 6.07) is 0.924. The fourth-order valence-corrected chi connectivity index (χ4v) is 2.84. The largest absolute Gasteiger partial charge is 0.480 e. The monoisotopic (exact) mass is 226 g/mol. The van der Waals surface area contributed by atoms with E-state index in [1.54, 1.807) is 0 Å². The van der Waals surface area contributed by atoms with Crippen LogP contribution in [0.15, 0.2) is 0 Å².